The van der Waals surface area contributed by atoms with Crippen LogP contribution in [0.2, 0.25) is 0 Å². The van der Waals surface area contributed by atoms with Gasteiger partial charge in [-0.25, -0.2) is 9.97 Å². The molecule has 2 aromatic rings. The smallest absolute Gasteiger partial charge is 0.276 e. The Morgan fingerprint density at radius 2 is 2.04 bits per heavy atom. The maximum absolute atomic E-state index is 12.7. The number of hydrogen-bond donors (Lipinski definition) is 0. The van der Waals surface area contributed by atoms with Crippen LogP contribution in [0.25, 0.3) is 0 Å². The van der Waals surface area contributed by atoms with Gasteiger partial charge in [-0.05, 0) is 12.8 Å². The van der Waals surface area contributed by atoms with Crippen molar-refractivity contribution < 1.29 is 14.1 Å². The number of fused-ring (bicyclic) bond motifs is 1. The fourth-order valence-corrected chi connectivity index (χ4v) is 3.31. The summed E-state index contributed by atoms with van der Waals surface area (Å²) in [7, 11) is 0. The van der Waals surface area contributed by atoms with Crippen LogP contribution >= 0.6 is 0 Å². The van der Waals surface area contributed by atoms with E-state index in [2.05, 4.69) is 20.0 Å². The zero-order chi connectivity index (χ0) is 16.8. The van der Waals surface area contributed by atoms with Gasteiger partial charge in [-0.2, -0.15) is 0 Å². The van der Waals surface area contributed by atoms with E-state index in [4.69, 9.17) is 9.26 Å². The summed E-state index contributed by atoms with van der Waals surface area (Å²) in [5, 5.41) is 3.95. The van der Waals surface area contributed by atoms with Gasteiger partial charge in [0.25, 0.3) is 5.91 Å². The van der Waals surface area contributed by atoms with Crippen molar-refractivity contribution in [1.82, 2.24) is 20.0 Å². The largest absolute Gasteiger partial charge is 0.378 e. The molecule has 25 heavy (non-hydrogen) atoms. The molecule has 0 N–H and O–H groups in total. The molecular formula is C17H19N5O3. The first-order valence-corrected chi connectivity index (χ1v) is 8.71. The van der Waals surface area contributed by atoms with E-state index in [1.165, 1.54) is 0 Å². The second-order valence-electron chi connectivity index (χ2n) is 6.79. The normalized spacial score (nSPS) is 20.0. The summed E-state index contributed by atoms with van der Waals surface area (Å²) < 4.78 is 10.7. The maximum Gasteiger partial charge on any atom is 0.276 e. The van der Waals surface area contributed by atoms with Gasteiger partial charge in [-0.15, -0.1) is 0 Å². The molecule has 4 heterocycles. The molecule has 130 valence electrons. The standard InChI is InChI=1S/C17H19N5O3/c23-16(13-7-15(25-20-13)11-1-2-11)22-9-12-8-18-17(19-14(12)10-22)21-3-5-24-6-4-21/h7-8,11H,1-6,9-10H2. The molecule has 0 spiro atoms. The van der Waals surface area contributed by atoms with E-state index in [9.17, 15) is 4.79 Å². The van der Waals surface area contributed by atoms with Gasteiger partial charge < -0.3 is 19.1 Å². The molecule has 0 radical (unpaired) electrons. The summed E-state index contributed by atoms with van der Waals surface area (Å²) in [6.07, 6.45) is 4.08. The number of aromatic nitrogens is 3. The van der Waals surface area contributed by atoms with Crippen molar-refractivity contribution in [2.45, 2.75) is 31.8 Å². The summed E-state index contributed by atoms with van der Waals surface area (Å²) in [4.78, 5) is 25.7. The molecule has 5 rings (SSSR count). The maximum atomic E-state index is 12.7. The average molecular weight is 341 g/mol. The molecule has 2 aliphatic heterocycles. The molecule has 1 aliphatic carbocycles. The third-order valence-corrected chi connectivity index (χ3v) is 4.95. The molecule has 0 bridgehead atoms. The second-order valence-corrected chi connectivity index (χ2v) is 6.79. The third-order valence-electron chi connectivity index (χ3n) is 4.95. The van der Waals surface area contributed by atoms with Crippen LogP contribution in [0.3, 0.4) is 0 Å². The minimum absolute atomic E-state index is 0.110. The van der Waals surface area contributed by atoms with Crippen molar-refractivity contribution >= 4 is 11.9 Å². The molecule has 0 aromatic carbocycles. The third kappa shape index (κ3) is 2.76. The van der Waals surface area contributed by atoms with E-state index >= 15 is 0 Å². The van der Waals surface area contributed by atoms with Gasteiger partial charge in [0.1, 0.15) is 5.76 Å². The number of carbonyl (C=O) groups excluding carboxylic acids is 1. The van der Waals surface area contributed by atoms with Crippen molar-refractivity contribution in [3.8, 4) is 0 Å². The predicted octanol–water partition coefficient (Wildman–Crippen LogP) is 1.33. The van der Waals surface area contributed by atoms with Crippen LogP contribution in [0.1, 0.15) is 46.3 Å². The first-order chi connectivity index (χ1) is 12.3. The molecule has 1 saturated carbocycles. The number of hydrogen-bond acceptors (Lipinski definition) is 7. The lowest BCUT2D eigenvalue weighted by molar-refractivity contribution is 0.0740. The van der Waals surface area contributed by atoms with Crippen molar-refractivity contribution in [1.29, 1.82) is 0 Å². The zero-order valence-corrected chi connectivity index (χ0v) is 13.8. The van der Waals surface area contributed by atoms with Crippen molar-refractivity contribution in [3.63, 3.8) is 0 Å². The van der Waals surface area contributed by atoms with Gasteiger partial charge in [0.15, 0.2) is 5.69 Å². The molecule has 2 aromatic heterocycles. The number of nitrogens with zero attached hydrogens (tertiary/aromatic N) is 5. The fraction of sp³-hybridized carbons (Fsp3) is 0.529. The molecule has 0 atom stereocenters. The average Bonchev–Trinajstić information content (AvgIpc) is 3.23. The van der Waals surface area contributed by atoms with Crippen LogP contribution in [0.4, 0.5) is 5.95 Å². The van der Waals surface area contributed by atoms with Crippen molar-refractivity contribution in [2.75, 3.05) is 31.2 Å². The van der Waals surface area contributed by atoms with Gasteiger partial charge in [0, 0.05) is 43.4 Å². The van der Waals surface area contributed by atoms with E-state index in [1.807, 2.05) is 6.20 Å². The topological polar surface area (TPSA) is 84.6 Å². The summed E-state index contributed by atoms with van der Waals surface area (Å²) in [6, 6.07) is 1.79. The molecule has 0 unspecified atom stereocenters. The second kappa shape index (κ2) is 5.80. The Labute approximate surface area is 144 Å². The van der Waals surface area contributed by atoms with Crippen LogP contribution < -0.4 is 4.90 Å². The number of rotatable bonds is 3. The predicted molar refractivity (Wildman–Crippen MR) is 87.1 cm³/mol. The highest BCUT2D eigenvalue weighted by molar-refractivity contribution is 5.92. The monoisotopic (exact) mass is 341 g/mol. The zero-order valence-electron chi connectivity index (χ0n) is 13.8. The van der Waals surface area contributed by atoms with E-state index in [0.29, 0.717) is 43.9 Å². The molecule has 3 aliphatic rings. The lowest BCUT2D eigenvalue weighted by Gasteiger charge is -2.26. The van der Waals surface area contributed by atoms with Crippen LogP contribution in [0.5, 0.6) is 0 Å². The van der Waals surface area contributed by atoms with Crippen LogP contribution in [0, 0.1) is 0 Å². The fourth-order valence-electron chi connectivity index (χ4n) is 3.31. The summed E-state index contributed by atoms with van der Waals surface area (Å²) >= 11 is 0. The van der Waals surface area contributed by atoms with Gasteiger partial charge in [-0.1, -0.05) is 5.16 Å². The van der Waals surface area contributed by atoms with Crippen LogP contribution in [0.15, 0.2) is 16.8 Å². The lowest BCUT2D eigenvalue weighted by Crippen LogP contribution is -2.37. The Hall–Kier alpha value is -2.48. The van der Waals surface area contributed by atoms with E-state index < -0.39 is 0 Å². The van der Waals surface area contributed by atoms with E-state index in [0.717, 1.165) is 42.9 Å². The van der Waals surface area contributed by atoms with Crippen LogP contribution in [-0.2, 0) is 17.8 Å². The van der Waals surface area contributed by atoms with Gasteiger partial charge >= 0.3 is 0 Å². The Morgan fingerprint density at radius 3 is 2.84 bits per heavy atom. The lowest BCUT2D eigenvalue weighted by atomic mass is 10.2. The number of carbonyl (C=O) groups is 1. The SMILES string of the molecule is O=C(c1cc(C2CC2)on1)N1Cc2cnc(N3CCOCC3)nc2C1. The van der Waals surface area contributed by atoms with Crippen molar-refractivity contribution in [3.05, 3.63) is 35.0 Å². The molecule has 8 nitrogen and oxygen atoms in total. The number of ether oxygens (including phenoxy) is 1. The Kier molecular flexibility index (Phi) is 3.44. The molecular weight excluding hydrogens is 322 g/mol. The minimum Gasteiger partial charge on any atom is -0.378 e. The van der Waals surface area contributed by atoms with Crippen molar-refractivity contribution in [2.24, 2.45) is 0 Å². The Bertz CT molecular complexity index is 810. The first kappa shape index (κ1) is 14.8. The summed E-state index contributed by atoms with van der Waals surface area (Å²) in [5.74, 6) is 1.89. The van der Waals surface area contributed by atoms with E-state index in [1.54, 1.807) is 11.0 Å². The van der Waals surface area contributed by atoms with Gasteiger partial charge in [-0.3, -0.25) is 4.79 Å². The van der Waals surface area contributed by atoms with Gasteiger partial charge in [0.05, 0.1) is 25.5 Å². The molecule has 1 amide bonds. The molecule has 8 heteroatoms. The quantitative estimate of drug-likeness (QED) is 0.833. The Morgan fingerprint density at radius 1 is 1.20 bits per heavy atom. The van der Waals surface area contributed by atoms with Gasteiger partial charge in [0.2, 0.25) is 5.95 Å². The highest BCUT2D eigenvalue weighted by Crippen LogP contribution is 2.40. The Balaban J connectivity index is 1.32. The summed E-state index contributed by atoms with van der Waals surface area (Å²) in [5.41, 5.74) is 2.29. The highest BCUT2D eigenvalue weighted by Gasteiger charge is 2.32. The molecule has 2 fully saturated rings. The first-order valence-electron chi connectivity index (χ1n) is 8.71. The number of anilines is 1. The van der Waals surface area contributed by atoms with Crippen LogP contribution in [-0.4, -0.2) is 52.2 Å². The highest BCUT2D eigenvalue weighted by atomic mass is 16.5. The number of morpholine rings is 1. The molecule has 1 saturated heterocycles. The summed E-state index contributed by atoms with van der Waals surface area (Å²) in [6.45, 7) is 3.98. The minimum atomic E-state index is -0.110. The van der Waals surface area contributed by atoms with E-state index in [-0.39, 0.29) is 5.91 Å². The number of amides is 1.